The Kier molecular flexibility index (Phi) is 5.39. The zero-order valence-corrected chi connectivity index (χ0v) is 13.2. The van der Waals surface area contributed by atoms with E-state index in [9.17, 15) is 0 Å². The number of hydrogen-bond acceptors (Lipinski definition) is 3. The van der Waals surface area contributed by atoms with Gasteiger partial charge in [-0.05, 0) is 43.4 Å². The molecule has 1 heterocycles. The molecule has 2 N–H and O–H groups in total. The Balaban J connectivity index is 1.99. The molecule has 0 aliphatic heterocycles. The van der Waals surface area contributed by atoms with E-state index in [-0.39, 0.29) is 6.04 Å². The first-order valence-electron chi connectivity index (χ1n) is 7.54. The lowest BCUT2D eigenvalue weighted by Gasteiger charge is -2.16. The molecule has 0 aliphatic rings. The van der Waals surface area contributed by atoms with Crippen LogP contribution in [0.3, 0.4) is 0 Å². The molecule has 1 aromatic heterocycles. The normalized spacial score (nSPS) is 12.4. The summed E-state index contributed by atoms with van der Waals surface area (Å²) in [7, 11) is 0. The van der Waals surface area contributed by atoms with Crippen molar-refractivity contribution in [3.8, 4) is 5.75 Å². The lowest BCUT2D eigenvalue weighted by molar-refractivity contribution is 0.294. The Morgan fingerprint density at radius 1 is 1.29 bits per heavy atom. The predicted octanol–water partition coefficient (Wildman–Crippen LogP) is 2.86. The van der Waals surface area contributed by atoms with Crippen molar-refractivity contribution >= 4 is 0 Å². The van der Waals surface area contributed by atoms with Gasteiger partial charge in [0.05, 0.1) is 12.9 Å². The minimum Gasteiger partial charge on any atom is -0.491 e. The van der Waals surface area contributed by atoms with Crippen molar-refractivity contribution in [3.63, 3.8) is 0 Å². The SMILES string of the molecule is CCC(N)Cc1cc(C)c(OCCn2ccnc2)c(C)c1. The van der Waals surface area contributed by atoms with E-state index in [2.05, 4.69) is 37.9 Å². The Labute approximate surface area is 127 Å². The first-order chi connectivity index (χ1) is 10.1. The van der Waals surface area contributed by atoms with Crippen molar-refractivity contribution in [2.75, 3.05) is 6.61 Å². The highest BCUT2D eigenvalue weighted by Crippen LogP contribution is 2.25. The molecule has 1 aromatic carbocycles. The molecule has 4 nitrogen and oxygen atoms in total. The van der Waals surface area contributed by atoms with Gasteiger partial charge in [-0.15, -0.1) is 0 Å². The molecule has 1 atom stereocenters. The number of hydrogen-bond donors (Lipinski definition) is 1. The topological polar surface area (TPSA) is 53.1 Å². The van der Waals surface area contributed by atoms with Crippen molar-refractivity contribution in [2.24, 2.45) is 5.73 Å². The molecule has 0 saturated carbocycles. The van der Waals surface area contributed by atoms with E-state index < -0.39 is 0 Å². The van der Waals surface area contributed by atoms with Crippen LogP contribution in [-0.2, 0) is 13.0 Å². The smallest absolute Gasteiger partial charge is 0.125 e. The van der Waals surface area contributed by atoms with E-state index in [0.717, 1.165) is 25.1 Å². The molecule has 0 amide bonds. The summed E-state index contributed by atoms with van der Waals surface area (Å²) in [6.45, 7) is 7.77. The van der Waals surface area contributed by atoms with E-state index in [4.69, 9.17) is 10.5 Å². The van der Waals surface area contributed by atoms with Gasteiger partial charge in [0.15, 0.2) is 0 Å². The van der Waals surface area contributed by atoms with Crippen LogP contribution >= 0.6 is 0 Å². The lowest BCUT2D eigenvalue weighted by atomic mass is 9.99. The highest BCUT2D eigenvalue weighted by molar-refractivity contribution is 5.43. The molecule has 0 spiro atoms. The Morgan fingerprint density at radius 2 is 2.00 bits per heavy atom. The minimum absolute atomic E-state index is 0.233. The zero-order chi connectivity index (χ0) is 15.2. The fraction of sp³-hybridized carbons (Fsp3) is 0.471. The van der Waals surface area contributed by atoms with E-state index in [1.54, 1.807) is 12.5 Å². The van der Waals surface area contributed by atoms with Gasteiger partial charge in [-0.3, -0.25) is 0 Å². The number of ether oxygens (including phenoxy) is 1. The summed E-state index contributed by atoms with van der Waals surface area (Å²) >= 11 is 0. The van der Waals surface area contributed by atoms with Crippen molar-refractivity contribution in [1.82, 2.24) is 9.55 Å². The number of aryl methyl sites for hydroxylation is 2. The number of nitrogens with zero attached hydrogens (tertiary/aromatic N) is 2. The summed E-state index contributed by atoms with van der Waals surface area (Å²) in [4.78, 5) is 4.03. The molecular formula is C17H25N3O. The molecule has 2 aromatic rings. The summed E-state index contributed by atoms with van der Waals surface area (Å²) in [6, 6.07) is 4.61. The fourth-order valence-electron chi connectivity index (χ4n) is 2.50. The van der Waals surface area contributed by atoms with Crippen LogP contribution in [0, 0.1) is 13.8 Å². The van der Waals surface area contributed by atoms with Crippen LogP contribution in [0.4, 0.5) is 0 Å². The van der Waals surface area contributed by atoms with Crippen LogP contribution in [0.25, 0.3) is 0 Å². The zero-order valence-electron chi connectivity index (χ0n) is 13.2. The molecule has 4 heteroatoms. The quantitative estimate of drug-likeness (QED) is 0.852. The molecule has 0 saturated heterocycles. The number of aromatic nitrogens is 2. The third-order valence-electron chi connectivity index (χ3n) is 3.70. The number of rotatable bonds is 7. The molecule has 1 unspecified atom stereocenters. The second kappa shape index (κ2) is 7.27. The maximum atomic E-state index is 6.04. The van der Waals surface area contributed by atoms with Crippen LogP contribution in [0.15, 0.2) is 30.9 Å². The fourth-order valence-corrected chi connectivity index (χ4v) is 2.50. The third-order valence-corrected chi connectivity index (χ3v) is 3.70. The number of nitrogens with two attached hydrogens (primary N) is 1. The Morgan fingerprint density at radius 3 is 2.57 bits per heavy atom. The standard InChI is InChI=1S/C17H25N3O/c1-4-16(18)11-15-9-13(2)17(14(3)10-15)21-8-7-20-6-5-19-12-20/h5-6,9-10,12,16H,4,7-8,11,18H2,1-3H3. The van der Waals surface area contributed by atoms with Crippen LogP contribution < -0.4 is 10.5 Å². The highest BCUT2D eigenvalue weighted by atomic mass is 16.5. The maximum Gasteiger partial charge on any atom is 0.125 e. The molecule has 21 heavy (non-hydrogen) atoms. The molecule has 114 valence electrons. The monoisotopic (exact) mass is 287 g/mol. The van der Waals surface area contributed by atoms with Crippen LogP contribution in [0.1, 0.15) is 30.0 Å². The van der Waals surface area contributed by atoms with E-state index in [1.807, 2.05) is 10.8 Å². The van der Waals surface area contributed by atoms with Gasteiger partial charge in [0.1, 0.15) is 12.4 Å². The molecular weight excluding hydrogens is 262 g/mol. The lowest BCUT2D eigenvalue weighted by Crippen LogP contribution is -2.21. The Bertz CT molecular complexity index is 540. The van der Waals surface area contributed by atoms with Gasteiger partial charge in [0, 0.05) is 18.4 Å². The van der Waals surface area contributed by atoms with E-state index in [1.165, 1.54) is 16.7 Å². The van der Waals surface area contributed by atoms with E-state index >= 15 is 0 Å². The molecule has 0 bridgehead atoms. The summed E-state index contributed by atoms with van der Waals surface area (Å²) in [5.41, 5.74) is 9.69. The second-order valence-electron chi connectivity index (χ2n) is 5.58. The van der Waals surface area contributed by atoms with Crippen molar-refractivity contribution in [3.05, 3.63) is 47.5 Å². The van der Waals surface area contributed by atoms with Crippen LogP contribution in [0.5, 0.6) is 5.75 Å². The average molecular weight is 287 g/mol. The van der Waals surface area contributed by atoms with Gasteiger partial charge in [-0.25, -0.2) is 4.98 Å². The highest BCUT2D eigenvalue weighted by Gasteiger charge is 2.09. The molecule has 0 aliphatic carbocycles. The second-order valence-corrected chi connectivity index (χ2v) is 5.58. The van der Waals surface area contributed by atoms with Gasteiger partial charge in [0.2, 0.25) is 0 Å². The summed E-state index contributed by atoms with van der Waals surface area (Å²) in [5, 5.41) is 0. The van der Waals surface area contributed by atoms with Gasteiger partial charge < -0.3 is 15.0 Å². The van der Waals surface area contributed by atoms with Gasteiger partial charge in [0.25, 0.3) is 0 Å². The summed E-state index contributed by atoms with van der Waals surface area (Å²) in [6.07, 6.45) is 7.45. The van der Waals surface area contributed by atoms with Crippen molar-refractivity contribution in [2.45, 2.75) is 46.2 Å². The Hall–Kier alpha value is -1.81. The number of benzene rings is 1. The largest absolute Gasteiger partial charge is 0.491 e. The summed E-state index contributed by atoms with van der Waals surface area (Å²) in [5.74, 6) is 0.990. The predicted molar refractivity (Wildman–Crippen MR) is 85.6 cm³/mol. The number of imidazole rings is 1. The molecule has 2 rings (SSSR count). The van der Waals surface area contributed by atoms with Crippen LogP contribution in [0.2, 0.25) is 0 Å². The first kappa shape index (κ1) is 15.6. The van der Waals surface area contributed by atoms with Gasteiger partial charge in [-0.2, -0.15) is 0 Å². The third kappa shape index (κ3) is 4.33. The molecule has 0 fully saturated rings. The van der Waals surface area contributed by atoms with Crippen molar-refractivity contribution < 1.29 is 4.74 Å². The van der Waals surface area contributed by atoms with Crippen molar-refractivity contribution in [1.29, 1.82) is 0 Å². The summed E-state index contributed by atoms with van der Waals surface area (Å²) < 4.78 is 7.96. The van der Waals surface area contributed by atoms with Gasteiger partial charge >= 0.3 is 0 Å². The molecule has 0 radical (unpaired) electrons. The minimum atomic E-state index is 0.233. The average Bonchev–Trinajstić information content (AvgIpc) is 2.95. The maximum absolute atomic E-state index is 6.04. The van der Waals surface area contributed by atoms with Crippen LogP contribution in [-0.4, -0.2) is 22.2 Å². The first-order valence-corrected chi connectivity index (χ1v) is 7.54. The van der Waals surface area contributed by atoms with E-state index in [0.29, 0.717) is 6.61 Å². The van der Waals surface area contributed by atoms with Gasteiger partial charge in [-0.1, -0.05) is 19.1 Å².